The molecule has 0 bridgehead atoms. The predicted molar refractivity (Wildman–Crippen MR) is 235 cm³/mol. The van der Waals surface area contributed by atoms with Crippen molar-refractivity contribution in [2.75, 3.05) is 13.2 Å². The molecule has 57 heavy (non-hydrogen) atoms. The SMILES string of the molecule is CCCCCCCCCCCC/C=C/C(O)C(COC1OC(CO)C(O)C(O)C1O)NC(=O)CCCCCCCCCCCCCCCCCCCCCCCC. The number of nitrogens with one attached hydrogen (secondary N) is 1. The molecule has 1 aliphatic heterocycles. The number of hydrogen-bond donors (Lipinski definition) is 6. The minimum absolute atomic E-state index is 0.173. The summed E-state index contributed by atoms with van der Waals surface area (Å²) in [4.78, 5) is 13.0. The maximum Gasteiger partial charge on any atom is 0.220 e. The zero-order valence-corrected chi connectivity index (χ0v) is 37.1. The normalized spacial score (nSPS) is 21.0. The first-order chi connectivity index (χ1) is 27.8. The van der Waals surface area contributed by atoms with E-state index in [2.05, 4.69) is 19.2 Å². The lowest BCUT2D eigenvalue weighted by Crippen LogP contribution is -2.60. The highest BCUT2D eigenvalue weighted by Crippen LogP contribution is 2.23. The Hall–Kier alpha value is -1.07. The van der Waals surface area contributed by atoms with E-state index in [0.29, 0.717) is 6.42 Å². The van der Waals surface area contributed by atoms with Crippen LogP contribution < -0.4 is 5.32 Å². The number of ether oxygens (including phenoxy) is 2. The second-order valence-corrected chi connectivity index (χ2v) is 17.3. The van der Waals surface area contributed by atoms with E-state index in [4.69, 9.17) is 9.47 Å². The van der Waals surface area contributed by atoms with E-state index in [1.54, 1.807) is 6.08 Å². The summed E-state index contributed by atoms with van der Waals surface area (Å²) in [5.41, 5.74) is 0. The summed E-state index contributed by atoms with van der Waals surface area (Å²) in [6.45, 7) is 3.78. The second kappa shape index (κ2) is 39.1. The molecule has 1 heterocycles. The van der Waals surface area contributed by atoms with Crippen LogP contribution in [0.15, 0.2) is 12.2 Å². The first-order valence-electron chi connectivity index (χ1n) is 24.4. The molecule has 1 rings (SSSR count). The van der Waals surface area contributed by atoms with Gasteiger partial charge in [0.15, 0.2) is 6.29 Å². The first-order valence-corrected chi connectivity index (χ1v) is 24.4. The zero-order chi connectivity index (χ0) is 41.6. The quantitative estimate of drug-likeness (QED) is 0.0264. The van der Waals surface area contributed by atoms with E-state index in [1.165, 1.54) is 173 Å². The molecule has 0 aliphatic carbocycles. The van der Waals surface area contributed by atoms with Crippen LogP contribution >= 0.6 is 0 Å². The van der Waals surface area contributed by atoms with Crippen LogP contribution in [0.3, 0.4) is 0 Å². The standard InChI is InChI=1S/C48H93NO8/c1-3-5-7-9-11-13-15-17-18-19-20-21-22-23-24-25-26-28-30-32-34-36-38-44(52)49-41(40-56-48-47(55)46(54)45(53)43(39-50)57-48)42(51)37-35-33-31-29-27-16-14-12-10-8-6-4-2/h35,37,41-43,45-48,50-51,53-55H,3-34,36,38-40H2,1-2H3,(H,49,52)/b37-35+. The van der Waals surface area contributed by atoms with Crippen molar-refractivity contribution in [1.29, 1.82) is 0 Å². The minimum atomic E-state index is -1.56. The van der Waals surface area contributed by atoms with Crippen LogP contribution in [-0.4, -0.2) is 87.5 Å². The third-order valence-electron chi connectivity index (χ3n) is 11.9. The summed E-state index contributed by atoms with van der Waals surface area (Å²) in [7, 11) is 0. The fraction of sp³-hybridized carbons (Fsp3) is 0.938. The van der Waals surface area contributed by atoms with Crippen molar-refractivity contribution in [2.45, 2.75) is 275 Å². The maximum absolute atomic E-state index is 13.0. The van der Waals surface area contributed by atoms with Crippen molar-refractivity contribution in [3.8, 4) is 0 Å². The van der Waals surface area contributed by atoms with Crippen molar-refractivity contribution in [1.82, 2.24) is 5.32 Å². The molecule has 9 nitrogen and oxygen atoms in total. The van der Waals surface area contributed by atoms with Gasteiger partial charge in [-0.05, 0) is 19.3 Å². The van der Waals surface area contributed by atoms with Crippen LogP contribution in [0, 0.1) is 0 Å². The van der Waals surface area contributed by atoms with Gasteiger partial charge in [0.05, 0.1) is 25.4 Å². The Bertz CT molecular complexity index is 904. The third kappa shape index (κ3) is 29.7. The molecule has 7 unspecified atom stereocenters. The van der Waals surface area contributed by atoms with Gasteiger partial charge in [-0.15, -0.1) is 0 Å². The number of unbranched alkanes of at least 4 members (excludes halogenated alkanes) is 31. The Morgan fingerprint density at radius 1 is 0.579 bits per heavy atom. The Kier molecular flexibility index (Phi) is 37.0. The van der Waals surface area contributed by atoms with E-state index in [1.807, 2.05) is 6.08 Å². The molecule has 0 radical (unpaired) electrons. The van der Waals surface area contributed by atoms with Gasteiger partial charge in [0.2, 0.25) is 5.91 Å². The maximum atomic E-state index is 13.0. The van der Waals surface area contributed by atoms with Crippen molar-refractivity contribution in [2.24, 2.45) is 0 Å². The Morgan fingerprint density at radius 3 is 1.37 bits per heavy atom. The number of carbonyl (C=O) groups excluding carboxylic acids is 1. The lowest BCUT2D eigenvalue weighted by molar-refractivity contribution is -0.302. The molecule has 0 aromatic rings. The predicted octanol–water partition coefficient (Wildman–Crippen LogP) is 10.5. The molecule has 0 aromatic heterocycles. The monoisotopic (exact) mass is 812 g/mol. The molecule has 1 fully saturated rings. The summed E-state index contributed by atoms with van der Waals surface area (Å²) in [6, 6.07) is -0.798. The molecule has 6 N–H and O–H groups in total. The number of carbonyl (C=O) groups is 1. The van der Waals surface area contributed by atoms with E-state index in [9.17, 15) is 30.3 Å². The molecule has 7 atom stereocenters. The average Bonchev–Trinajstić information content (AvgIpc) is 3.21. The van der Waals surface area contributed by atoms with E-state index >= 15 is 0 Å². The number of allylic oxidation sites excluding steroid dienone is 1. The van der Waals surface area contributed by atoms with Crippen LogP contribution in [0.25, 0.3) is 0 Å². The zero-order valence-electron chi connectivity index (χ0n) is 37.1. The van der Waals surface area contributed by atoms with E-state index in [0.717, 1.165) is 38.5 Å². The fourth-order valence-corrected chi connectivity index (χ4v) is 7.92. The van der Waals surface area contributed by atoms with Crippen molar-refractivity contribution in [3.63, 3.8) is 0 Å². The second-order valence-electron chi connectivity index (χ2n) is 17.3. The molecule has 0 saturated carbocycles. The topological polar surface area (TPSA) is 149 Å². The van der Waals surface area contributed by atoms with Gasteiger partial charge in [0.25, 0.3) is 0 Å². The summed E-state index contributed by atoms with van der Waals surface area (Å²) in [5.74, 6) is -0.173. The van der Waals surface area contributed by atoms with Crippen LogP contribution in [0.4, 0.5) is 0 Å². The lowest BCUT2D eigenvalue weighted by Gasteiger charge is -2.40. The fourth-order valence-electron chi connectivity index (χ4n) is 7.92. The molecule has 1 aliphatic rings. The average molecular weight is 812 g/mol. The van der Waals surface area contributed by atoms with Gasteiger partial charge in [-0.1, -0.05) is 219 Å². The number of hydrogen-bond acceptors (Lipinski definition) is 8. The Balaban J connectivity index is 2.25. The van der Waals surface area contributed by atoms with Crippen molar-refractivity contribution >= 4 is 5.91 Å². The van der Waals surface area contributed by atoms with Gasteiger partial charge in [-0.25, -0.2) is 0 Å². The first kappa shape index (κ1) is 53.9. The van der Waals surface area contributed by atoms with Crippen LogP contribution in [0.2, 0.25) is 0 Å². The Morgan fingerprint density at radius 2 is 0.965 bits per heavy atom. The number of aliphatic hydroxyl groups excluding tert-OH is 5. The molecule has 338 valence electrons. The van der Waals surface area contributed by atoms with E-state index in [-0.39, 0.29) is 12.5 Å². The summed E-state index contributed by atoms with van der Waals surface area (Å²) < 4.78 is 11.2. The molecular formula is C48H93NO8. The summed E-state index contributed by atoms with van der Waals surface area (Å²) >= 11 is 0. The smallest absolute Gasteiger partial charge is 0.220 e. The summed E-state index contributed by atoms with van der Waals surface area (Å²) in [6.07, 6.45) is 38.3. The summed E-state index contributed by atoms with van der Waals surface area (Å²) in [5, 5.41) is 54.2. The van der Waals surface area contributed by atoms with Gasteiger partial charge in [0.1, 0.15) is 24.4 Å². The highest BCUT2D eigenvalue weighted by molar-refractivity contribution is 5.76. The lowest BCUT2D eigenvalue weighted by atomic mass is 9.99. The van der Waals surface area contributed by atoms with Gasteiger partial charge in [0, 0.05) is 6.42 Å². The van der Waals surface area contributed by atoms with Crippen LogP contribution in [0.5, 0.6) is 0 Å². The third-order valence-corrected chi connectivity index (χ3v) is 11.9. The molecular weight excluding hydrogens is 719 g/mol. The molecule has 1 amide bonds. The Labute approximate surface area is 350 Å². The van der Waals surface area contributed by atoms with Gasteiger partial charge < -0.3 is 40.3 Å². The van der Waals surface area contributed by atoms with Crippen LogP contribution in [-0.2, 0) is 14.3 Å². The minimum Gasteiger partial charge on any atom is -0.394 e. The molecule has 0 spiro atoms. The van der Waals surface area contributed by atoms with E-state index < -0.39 is 49.5 Å². The van der Waals surface area contributed by atoms with Gasteiger partial charge in [-0.2, -0.15) is 0 Å². The van der Waals surface area contributed by atoms with Gasteiger partial charge in [-0.3, -0.25) is 4.79 Å². The van der Waals surface area contributed by atoms with Crippen molar-refractivity contribution < 1.29 is 39.8 Å². The van der Waals surface area contributed by atoms with Crippen molar-refractivity contribution in [3.05, 3.63) is 12.2 Å². The van der Waals surface area contributed by atoms with Gasteiger partial charge >= 0.3 is 0 Å². The molecule has 1 saturated heterocycles. The van der Waals surface area contributed by atoms with Crippen LogP contribution in [0.1, 0.15) is 232 Å². The molecule has 0 aromatic carbocycles. The number of amides is 1. The number of rotatable bonds is 41. The highest BCUT2D eigenvalue weighted by atomic mass is 16.7. The number of aliphatic hydroxyl groups is 5. The molecule has 9 heteroatoms. The largest absolute Gasteiger partial charge is 0.394 e. The highest BCUT2D eigenvalue weighted by Gasteiger charge is 2.44.